The standard InChI is InChI=1S/C27H24F4N8O/c28-22-11-18(27(29,30)31)1-2-20(22)25(40)38-9-7-37(8-10-38)19-12-26(13-19,4-5-32)39-15-17(14-36-39)23-21-3-6-33-24(21)35-16-34-23/h1-3,6,11,14-16,19H,4,7-10,12-13H2,(H,33,34,35)/t19-,26+. The van der Waals surface area contributed by atoms with Crippen molar-refractivity contribution in [2.45, 2.75) is 37.0 Å². The molecule has 0 atom stereocenters. The molecule has 6 rings (SSSR count). The quantitative estimate of drug-likeness (QED) is 0.372. The van der Waals surface area contributed by atoms with Crippen LogP contribution in [0, 0.1) is 17.1 Å². The lowest BCUT2D eigenvalue weighted by molar-refractivity contribution is -0.137. The van der Waals surface area contributed by atoms with Crippen LogP contribution in [-0.4, -0.2) is 72.7 Å². The molecule has 9 nitrogen and oxygen atoms in total. The van der Waals surface area contributed by atoms with Crippen molar-refractivity contribution in [2.24, 2.45) is 0 Å². The number of rotatable bonds is 5. The largest absolute Gasteiger partial charge is 0.416 e. The van der Waals surface area contributed by atoms with E-state index in [1.807, 2.05) is 16.9 Å². The van der Waals surface area contributed by atoms with E-state index in [4.69, 9.17) is 0 Å². The third kappa shape index (κ3) is 4.48. The maximum absolute atomic E-state index is 14.3. The Bertz CT molecular complexity index is 1610. The number of nitriles is 1. The maximum atomic E-state index is 14.3. The van der Waals surface area contributed by atoms with Gasteiger partial charge in [-0.15, -0.1) is 0 Å². The van der Waals surface area contributed by atoms with Crippen LogP contribution in [0.2, 0.25) is 0 Å². The Morgan fingerprint density at radius 3 is 2.62 bits per heavy atom. The Morgan fingerprint density at radius 1 is 1.15 bits per heavy atom. The minimum absolute atomic E-state index is 0.177. The van der Waals surface area contributed by atoms with Gasteiger partial charge in [-0.3, -0.25) is 14.4 Å². The average Bonchev–Trinajstić information content (AvgIpc) is 3.60. The average molecular weight is 553 g/mol. The van der Waals surface area contributed by atoms with Crippen LogP contribution in [0.5, 0.6) is 0 Å². The highest BCUT2D eigenvalue weighted by Gasteiger charge is 2.49. The lowest BCUT2D eigenvalue weighted by Crippen LogP contribution is -2.60. The van der Waals surface area contributed by atoms with Gasteiger partial charge < -0.3 is 9.88 Å². The van der Waals surface area contributed by atoms with E-state index in [9.17, 15) is 27.6 Å². The molecule has 1 N–H and O–H groups in total. The number of hydrogen-bond donors (Lipinski definition) is 1. The molecule has 1 saturated heterocycles. The van der Waals surface area contributed by atoms with Crippen molar-refractivity contribution >= 4 is 16.9 Å². The van der Waals surface area contributed by atoms with Gasteiger partial charge in [0.1, 0.15) is 17.8 Å². The lowest BCUT2D eigenvalue weighted by atomic mass is 9.70. The van der Waals surface area contributed by atoms with E-state index >= 15 is 0 Å². The number of H-pyrrole nitrogens is 1. The number of piperazine rings is 1. The van der Waals surface area contributed by atoms with Gasteiger partial charge in [-0.1, -0.05) is 0 Å². The summed E-state index contributed by atoms with van der Waals surface area (Å²) in [6, 6.07) is 6.36. The molecule has 0 unspecified atom stereocenters. The summed E-state index contributed by atoms with van der Waals surface area (Å²) in [5.74, 6) is -1.80. The van der Waals surface area contributed by atoms with E-state index in [2.05, 4.69) is 31.0 Å². The zero-order valence-electron chi connectivity index (χ0n) is 21.2. The number of hydrogen-bond acceptors (Lipinski definition) is 6. The first-order valence-electron chi connectivity index (χ1n) is 12.8. The second-order valence-corrected chi connectivity index (χ2v) is 10.3. The summed E-state index contributed by atoms with van der Waals surface area (Å²) in [7, 11) is 0. The molecule has 40 heavy (non-hydrogen) atoms. The Hall–Kier alpha value is -4.31. The third-order valence-corrected chi connectivity index (χ3v) is 7.98. The number of nitrogens with one attached hydrogen (secondary N) is 1. The summed E-state index contributed by atoms with van der Waals surface area (Å²) in [6.07, 6.45) is 3.96. The monoisotopic (exact) mass is 552 g/mol. The molecule has 0 spiro atoms. The summed E-state index contributed by atoms with van der Waals surface area (Å²) in [5, 5.41) is 15.1. The van der Waals surface area contributed by atoms with Crippen molar-refractivity contribution in [1.82, 2.24) is 34.5 Å². The summed E-state index contributed by atoms with van der Waals surface area (Å²) >= 11 is 0. The molecule has 13 heteroatoms. The zero-order chi connectivity index (χ0) is 28.1. The first-order chi connectivity index (χ1) is 19.2. The number of aromatic amines is 1. The molecule has 4 heterocycles. The fraction of sp³-hybridized carbons (Fsp3) is 0.370. The number of amides is 1. The van der Waals surface area contributed by atoms with Crippen LogP contribution < -0.4 is 0 Å². The van der Waals surface area contributed by atoms with Crippen LogP contribution in [-0.2, 0) is 11.7 Å². The SMILES string of the molecule is N#CC[C@]1(n2cc(-c3ncnc4[nH]ccc34)cn2)C[C@@H](N2CCN(C(=O)c3ccc(C(F)(F)F)cc3F)CC2)C1. The van der Waals surface area contributed by atoms with E-state index in [-0.39, 0.29) is 11.6 Å². The number of nitrogens with zero attached hydrogens (tertiary/aromatic N) is 7. The van der Waals surface area contributed by atoms with Gasteiger partial charge in [0.25, 0.3) is 5.91 Å². The minimum Gasteiger partial charge on any atom is -0.346 e. The molecule has 206 valence electrons. The number of aromatic nitrogens is 5. The van der Waals surface area contributed by atoms with E-state index in [0.29, 0.717) is 51.5 Å². The van der Waals surface area contributed by atoms with Crippen LogP contribution >= 0.6 is 0 Å². The Kier molecular flexibility index (Phi) is 6.29. The molecule has 1 amide bonds. The van der Waals surface area contributed by atoms with E-state index in [1.165, 1.54) is 11.2 Å². The second kappa shape index (κ2) is 9.71. The Balaban J connectivity index is 1.10. The van der Waals surface area contributed by atoms with Crippen molar-refractivity contribution in [3.8, 4) is 17.3 Å². The Labute approximate surface area is 226 Å². The fourth-order valence-corrected chi connectivity index (χ4v) is 5.77. The zero-order valence-corrected chi connectivity index (χ0v) is 21.2. The number of carbonyl (C=O) groups excluding carboxylic acids is 1. The van der Waals surface area contributed by atoms with Gasteiger partial charge in [0.15, 0.2) is 0 Å². The molecule has 2 aliphatic rings. The van der Waals surface area contributed by atoms with Gasteiger partial charge in [-0.2, -0.15) is 23.5 Å². The van der Waals surface area contributed by atoms with Gasteiger partial charge >= 0.3 is 6.18 Å². The molecule has 4 aromatic rings. The van der Waals surface area contributed by atoms with Crippen LogP contribution in [0.3, 0.4) is 0 Å². The van der Waals surface area contributed by atoms with Crippen molar-refractivity contribution < 1.29 is 22.4 Å². The molecule has 3 aromatic heterocycles. The highest BCUT2D eigenvalue weighted by atomic mass is 19.4. The van der Waals surface area contributed by atoms with Gasteiger partial charge in [0.2, 0.25) is 0 Å². The smallest absolute Gasteiger partial charge is 0.346 e. The van der Waals surface area contributed by atoms with E-state index in [1.54, 1.807) is 12.4 Å². The predicted octanol–water partition coefficient (Wildman–Crippen LogP) is 4.21. The molecule has 1 aromatic carbocycles. The van der Waals surface area contributed by atoms with Crippen molar-refractivity contribution in [2.75, 3.05) is 26.2 Å². The molecule has 1 saturated carbocycles. The van der Waals surface area contributed by atoms with Gasteiger partial charge in [0, 0.05) is 55.6 Å². The first-order valence-corrected chi connectivity index (χ1v) is 12.8. The number of alkyl halides is 3. The fourth-order valence-electron chi connectivity index (χ4n) is 5.77. The summed E-state index contributed by atoms with van der Waals surface area (Å²) in [5.41, 5.74) is 0.357. The maximum Gasteiger partial charge on any atom is 0.416 e. The number of carbonyl (C=O) groups is 1. The van der Waals surface area contributed by atoms with Gasteiger partial charge in [-0.25, -0.2) is 14.4 Å². The topological polar surface area (TPSA) is 107 Å². The summed E-state index contributed by atoms with van der Waals surface area (Å²) in [6.45, 7) is 1.73. The molecule has 1 aliphatic heterocycles. The van der Waals surface area contributed by atoms with Gasteiger partial charge in [0.05, 0.1) is 41.0 Å². The number of fused-ring (bicyclic) bond motifs is 1. The molecular weight excluding hydrogens is 528 g/mol. The van der Waals surface area contributed by atoms with Gasteiger partial charge in [-0.05, 0) is 37.1 Å². The molecule has 0 bridgehead atoms. The van der Waals surface area contributed by atoms with Crippen LogP contribution in [0.15, 0.2) is 49.2 Å². The second-order valence-electron chi connectivity index (χ2n) is 10.3. The number of halogens is 4. The number of benzene rings is 1. The van der Waals surface area contributed by atoms with Crippen LogP contribution in [0.1, 0.15) is 35.2 Å². The molecule has 0 radical (unpaired) electrons. The third-order valence-electron chi connectivity index (χ3n) is 7.98. The minimum atomic E-state index is -4.68. The highest BCUT2D eigenvalue weighted by molar-refractivity contribution is 5.94. The van der Waals surface area contributed by atoms with Crippen LogP contribution in [0.4, 0.5) is 17.6 Å². The molecular formula is C27H24F4N8O. The summed E-state index contributed by atoms with van der Waals surface area (Å²) < 4.78 is 54.8. The van der Waals surface area contributed by atoms with Crippen molar-refractivity contribution in [3.63, 3.8) is 0 Å². The summed E-state index contributed by atoms with van der Waals surface area (Å²) in [4.78, 5) is 28.2. The van der Waals surface area contributed by atoms with E-state index < -0.39 is 29.0 Å². The molecule has 2 fully saturated rings. The van der Waals surface area contributed by atoms with Crippen LogP contribution in [0.25, 0.3) is 22.3 Å². The van der Waals surface area contributed by atoms with Crippen molar-refractivity contribution in [3.05, 3.63) is 66.1 Å². The first kappa shape index (κ1) is 25.9. The highest BCUT2D eigenvalue weighted by Crippen LogP contribution is 2.45. The molecule has 1 aliphatic carbocycles. The van der Waals surface area contributed by atoms with E-state index in [0.717, 1.165) is 34.4 Å². The normalized spacial score (nSPS) is 21.8. The van der Waals surface area contributed by atoms with Crippen molar-refractivity contribution in [1.29, 1.82) is 5.26 Å². The Morgan fingerprint density at radius 2 is 1.93 bits per heavy atom. The lowest BCUT2D eigenvalue weighted by Gasteiger charge is -2.52. The predicted molar refractivity (Wildman–Crippen MR) is 135 cm³/mol.